The minimum absolute atomic E-state index is 0.00240. The lowest BCUT2D eigenvalue weighted by molar-refractivity contribution is -0.142. The molecular weight excluding hydrogens is 534 g/mol. The molecule has 3 aromatic rings. The number of nitrogens with zero attached hydrogens (tertiary/aromatic N) is 3. The number of benzene rings is 2. The second kappa shape index (κ2) is 14.2. The van der Waals surface area contributed by atoms with Crippen LogP contribution >= 0.6 is 0 Å². The summed E-state index contributed by atoms with van der Waals surface area (Å²) in [5.74, 6) is -2.21. The summed E-state index contributed by atoms with van der Waals surface area (Å²) < 4.78 is 56.1. The number of halogens is 4. The Morgan fingerprint density at radius 1 is 0.975 bits per heavy atom. The lowest BCUT2D eigenvalue weighted by Crippen LogP contribution is -2.43. The van der Waals surface area contributed by atoms with Gasteiger partial charge in [-0.2, -0.15) is 13.2 Å². The van der Waals surface area contributed by atoms with Gasteiger partial charge in [-0.25, -0.2) is 9.48 Å². The van der Waals surface area contributed by atoms with E-state index in [4.69, 9.17) is 4.74 Å². The number of methoxy groups -OCH3 is 1. The van der Waals surface area contributed by atoms with Crippen LogP contribution < -0.4 is 10.6 Å². The van der Waals surface area contributed by atoms with Gasteiger partial charge in [-0.15, -0.1) is 5.10 Å². The minimum atomic E-state index is -4.54. The summed E-state index contributed by atoms with van der Waals surface area (Å²) in [5.41, 5.74) is 1.53. The second-order valence-electron chi connectivity index (χ2n) is 8.88. The number of carbonyl (C=O) groups excluding carboxylic acids is 3. The zero-order chi connectivity index (χ0) is 29.1. The SMILES string of the molecule is COC(=O)[C@H](Cc1ccccc1)NC(=O)c1nnn(-c2ccc(C(=O)NCC(F)(F)F)cc2)c1CCCCCF. The van der Waals surface area contributed by atoms with Crippen molar-refractivity contribution in [3.8, 4) is 5.69 Å². The van der Waals surface area contributed by atoms with Crippen molar-refractivity contribution in [1.29, 1.82) is 0 Å². The number of aromatic nitrogens is 3. The average molecular weight is 564 g/mol. The van der Waals surface area contributed by atoms with Crippen molar-refractivity contribution in [3.05, 3.63) is 77.1 Å². The number of rotatable bonds is 13. The molecule has 9 nitrogen and oxygen atoms in total. The summed E-state index contributed by atoms with van der Waals surface area (Å²) >= 11 is 0. The van der Waals surface area contributed by atoms with Gasteiger partial charge in [-0.3, -0.25) is 14.0 Å². The van der Waals surface area contributed by atoms with Crippen molar-refractivity contribution in [2.24, 2.45) is 0 Å². The predicted molar refractivity (Wildman–Crippen MR) is 137 cm³/mol. The molecular formula is C27H29F4N5O4. The normalized spacial score (nSPS) is 12.0. The van der Waals surface area contributed by atoms with Gasteiger partial charge in [0.1, 0.15) is 12.6 Å². The van der Waals surface area contributed by atoms with E-state index in [2.05, 4.69) is 15.6 Å². The van der Waals surface area contributed by atoms with Crippen molar-refractivity contribution < 1.29 is 36.7 Å². The molecule has 0 aliphatic rings. The number of hydrogen-bond acceptors (Lipinski definition) is 6. The monoisotopic (exact) mass is 563 g/mol. The van der Waals surface area contributed by atoms with Gasteiger partial charge in [0, 0.05) is 12.0 Å². The zero-order valence-corrected chi connectivity index (χ0v) is 21.7. The van der Waals surface area contributed by atoms with Gasteiger partial charge in [0.05, 0.1) is 25.2 Å². The van der Waals surface area contributed by atoms with Crippen molar-refractivity contribution in [3.63, 3.8) is 0 Å². The van der Waals surface area contributed by atoms with Crippen LogP contribution in [0.5, 0.6) is 0 Å². The van der Waals surface area contributed by atoms with Crippen molar-refractivity contribution in [2.75, 3.05) is 20.3 Å². The summed E-state index contributed by atoms with van der Waals surface area (Å²) in [4.78, 5) is 37.7. The van der Waals surface area contributed by atoms with Crippen LogP contribution in [0.3, 0.4) is 0 Å². The van der Waals surface area contributed by atoms with Crippen LogP contribution in [0.15, 0.2) is 54.6 Å². The third-order valence-corrected chi connectivity index (χ3v) is 5.92. The molecule has 2 aromatic carbocycles. The van der Waals surface area contributed by atoms with Gasteiger partial charge in [0.25, 0.3) is 11.8 Å². The van der Waals surface area contributed by atoms with E-state index in [-0.39, 0.29) is 17.7 Å². The Morgan fingerprint density at radius 2 is 1.68 bits per heavy atom. The van der Waals surface area contributed by atoms with Crippen LogP contribution in [0.4, 0.5) is 17.6 Å². The van der Waals surface area contributed by atoms with Crippen molar-refractivity contribution in [2.45, 2.75) is 44.3 Å². The third kappa shape index (κ3) is 8.61. The molecule has 3 rings (SSSR count). The fraction of sp³-hybridized carbons (Fsp3) is 0.370. The topological polar surface area (TPSA) is 115 Å². The van der Waals surface area contributed by atoms with E-state index in [1.165, 1.54) is 36.1 Å². The fourth-order valence-corrected chi connectivity index (χ4v) is 3.92. The number of unbranched alkanes of at least 4 members (excludes halogenated alkanes) is 2. The Kier molecular flexibility index (Phi) is 10.7. The Balaban J connectivity index is 1.84. The van der Waals surface area contributed by atoms with Gasteiger partial charge in [0.2, 0.25) is 0 Å². The van der Waals surface area contributed by atoms with Gasteiger partial charge in [-0.05, 0) is 49.1 Å². The van der Waals surface area contributed by atoms with E-state index in [9.17, 15) is 31.9 Å². The number of amides is 2. The van der Waals surface area contributed by atoms with Crippen LogP contribution in [0.1, 0.15) is 51.4 Å². The highest BCUT2D eigenvalue weighted by Gasteiger charge is 2.29. The highest BCUT2D eigenvalue weighted by Crippen LogP contribution is 2.18. The van der Waals surface area contributed by atoms with Gasteiger partial charge < -0.3 is 15.4 Å². The molecule has 0 aliphatic carbocycles. The quantitative estimate of drug-likeness (QED) is 0.186. The number of hydrogen-bond donors (Lipinski definition) is 2. The Hall–Kier alpha value is -4.29. The first-order valence-corrected chi connectivity index (χ1v) is 12.5. The first kappa shape index (κ1) is 30.3. The first-order chi connectivity index (χ1) is 19.1. The fourth-order valence-electron chi connectivity index (χ4n) is 3.92. The van der Waals surface area contributed by atoms with Gasteiger partial charge in [0.15, 0.2) is 5.69 Å². The molecule has 0 fully saturated rings. The maximum absolute atomic E-state index is 13.3. The van der Waals surface area contributed by atoms with E-state index in [1.807, 2.05) is 18.2 Å². The summed E-state index contributed by atoms with van der Waals surface area (Å²) in [7, 11) is 1.21. The molecule has 214 valence electrons. The summed E-state index contributed by atoms with van der Waals surface area (Å²) in [6.07, 6.45) is -2.67. The van der Waals surface area contributed by atoms with E-state index in [0.717, 1.165) is 5.56 Å². The van der Waals surface area contributed by atoms with E-state index < -0.39 is 43.2 Å². The maximum atomic E-state index is 13.3. The largest absolute Gasteiger partial charge is 0.467 e. The summed E-state index contributed by atoms with van der Waals surface area (Å²) in [6, 6.07) is 13.6. The number of carbonyl (C=O) groups is 3. The molecule has 1 heterocycles. The average Bonchev–Trinajstić information content (AvgIpc) is 3.37. The van der Waals surface area contributed by atoms with Crippen molar-refractivity contribution >= 4 is 17.8 Å². The maximum Gasteiger partial charge on any atom is 0.405 e. The molecule has 2 amide bonds. The molecule has 1 aromatic heterocycles. The van der Waals surface area contributed by atoms with E-state index >= 15 is 0 Å². The molecule has 0 bridgehead atoms. The van der Waals surface area contributed by atoms with E-state index in [1.54, 1.807) is 17.4 Å². The molecule has 40 heavy (non-hydrogen) atoms. The zero-order valence-electron chi connectivity index (χ0n) is 21.7. The Labute approximate surface area is 227 Å². The standard InChI is InChI=1S/C27H29F4N5O4/c1-40-26(39)21(16-18-8-4-2-5-9-18)33-25(38)23-22(10-6-3-7-15-28)36(35-34-23)20-13-11-19(12-14-20)24(37)32-17-27(29,30)31/h2,4-5,8-9,11-14,21H,3,6-7,10,15-17H2,1H3,(H,32,37)(H,33,38)/t21-/m0/s1. The summed E-state index contributed by atoms with van der Waals surface area (Å²) in [6.45, 7) is -1.95. The third-order valence-electron chi connectivity index (χ3n) is 5.92. The smallest absolute Gasteiger partial charge is 0.405 e. The van der Waals surface area contributed by atoms with Crippen LogP contribution in [-0.4, -0.2) is 65.3 Å². The molecule has 2 N–H and O–H groups in total. The first-order valence-electron chi connectivity index (χ1n) is 12.5. The summed E-state index contributed by atoms with van der Waals surface area (Å²) in [5, 5.41) is 12.5. The predicted octanol–water partition coefficient (Wildman–Crippen LogP) is 3.76. The van der Waals surface area contributed by atoms with Crippen LogP contribution in [-0.2, 0) is 22.4 Å². The number of ether oxygens (including phenoxy) is 1. The molecule has 1 atom stereocenters. The Bertz CT molecular complexity index is 1280. The number of nitrogens with one attached hydrogen (secondary N) is 2. The van der Waals surface area contributed by atoms with Crippen LogP contribution in [0.25, 0.3) is 5.69 Å². The van der Waals surface area contributed by atoms with Crippen molar-refractivity contribution in [1.82, 2.24) is 25.6 Å². The molecule has 0 radical (unpaired) electrons. The minimum Gasteiger partial charge on any atom is -0.467 e. The second-order valence-corrected chi connectivity index (χ2v) is 8.88. The highest BCUT2D eigenvalue weighted by molar-refractivity contribution is 5.96. The lowest BCUT2D eigenvalue weighted by Gasteiger charge is -2.16. The molecule has 0 saturated heterocycles. The highest BCUT2D eigenvalue weighted by atomic mass is 19.4. The Morgan fingerprint density at radius 3 is 2.30 bits per heavy atom. The van der Waals surface area contributed by atoms with Gasteiger partial charge >= 0.3 is 12.1 Å². The lowest BCUT2D eigenvalue weighted by atomic mass is 10.1. The van der Waals surface area contributed by atoms with Gasteiger partial charge in [-0.1, -0.05) is 42.0 Å². The molecule has 13 heteroatoms. The number of alkyl halides is 4. The molecule has 0 aliphatic heterocycles. The van der Waals surface area contributed by atoms with Crippen LogP contribution in [0.2, 0.25) is 0 Å². The molecule has 0 spiro atoms. The van der Waals surface area contributed by atoms with Crippen LogP contribution in [0, 0.1) is 0 Å². The molecule has 0 saturated carbocycles. The molecule has 0 unspecified atom stereocenters. The van der Waals surface area contributed by atoms with E-state index in [0.29, 0.717) is 37.1 Å². The number of esters is 1.